The maximum Gasteiger partial charge on any atom is 0.118 e. The van der Waals surface area contributed by atoms with Gasteiger partial charge in [0.1, 0.15) is 5.75 Å². The highest BCUT2D eigenvalue weighted by molar-refractivity contribution is 5.27. The summed E-state index contributed by atoms with van der Waals surface area (Å²) in [6, 6.07) is 8.04. The first-order valence-corrected chi connectivity index (χ1v) is 4.22. The molecule has 70 valence electrons. The second-order valence-corrected chi connectivity index (χ2v) is 2.95. The van der Waals surface area contributed by atoms with Crippen LogP contribution in [0.15, 0.2) is 37.0 Å². The van der Waals surface area contributed by atoms with Crippen LogP contribution in [0.1, 0.15) is 5.56 Å². The summed E-state index contributed by atoms with van der Waals surface area (Å²) in [6.45, 7) is 4.57. The van der Waals surface area contributed by atoms with Gasteiger partial charge in [-0.15, -0.1) is 0 Å². The molecule has 2 heteroatoms. The summed E-state index contributed by atoms with van der Waals surface area (Å²) in [5.41, 5.74) is 1.25. The first-order valence-electron chi connectivity index (χ1n) is 4.22. The molecule has 0 aliphatic carbocycles. The fraction of sp³-hybridized carbons (Fsp3) is 0.273. The Morgan fingerprint density at radius 1 is 1.38 bits per heavy atom. The van der Waals surface area contributed by atoms with Gasteiger partial charge in [0, 0.05) is 13.6 Å². The van der Waals surface area contributed by atoms with Crippen LogP contribution in [0.5, 0.6) is 5.75 Å². The zero-order chi connectivity index (χ0) is 9.68. The average Bonchev–Trinajstić information content (AvgIpc) is 2.19. The van der Waals surface area contributed by atoms with Gasteiger partial charge in [0.2, 0.25) is 0 Å². The Bertz CT molecular complexity index is 266. The first-order chi connectivity index (χ1) is 6.26. The van der Waals surface area contributed by atoms with E-state index in [-0.39, 0.29) is 0 Å². The number of hydrogen-bond acceptors (Lipinski definition) is 2. The molecule has 0 unspecified atom stereocenters. The smallest absolute Gasteiger partial charge is 0.118 e. The molecule has 1 rings (SSSR count). The lowest BCUT2D eigenvalue weighted by Crippen LogP contribution is -2.08. The normalized spacial score (nSPS) is 9.38. The number of nitrogens with zero attached hydrogens (tertiary/aromatic N) is 1. The maximum atomic E-state index is 5.07. The molecule has 1 aromatic carbocycles. The Hall–Kier alpha value is -1.44. The van der Waals surface area contributed by atoms with E-state index in [2.05, 4.69) is 18.7 Å². The van der Waals surface area contributed by atoms with Crippen LogP contribution in [-0.4, -0.2) is 19.1 Å². The first kappa shape index (κ1) is 9.65. The van der Waals surface area contributed by atoms with E-state index in [1.165, 1.54) is 5.56 Å². The number of hydrogen-bond donors (Lipinski definition) is 0. The van der Waals surface area contributed by atoms with Crippen molar-refractivity contribution in [2.45, 2.75) is 6.54 Å². The zero-order valence-electron chi connectivity index (χ0n) is 8.16. The summed E-state index contributed by atoms with van der Waals surface area (Å²) < 4.78 is 5.07. The maximum absolute atomic E-state index is 5.07. The lowest BCUT2D eigenvalue weighted by Gasteiger charge is -2.13. The second kappa shape index (κ2) is 4.55. The Balaban J connectivity index is 2.63. The summed E-state index contributed by atoms with van der Waals surface area (Å²) >= 11 is 0. The molecule has 0 atom stereocenters. The van der Waals surface area contributed by atoms with Crippen LogP contribution in [-0.2, 0) is 6.54 Å². The molecule has 0 aromatic heterocycles. The fourth-order valence-corrected chi connectivity index (χ4v) is 1.08. The summed E-state index contributed by atoms with van der Waals surface area (Å²) in [5, 5.41) is 0. The average molecular weight is 177 g/mol. The molecule has 0 bridgehead atoms. The van der Waals surface area contributed by atoms with Crippen molar-refractivity contribution in [3.63, 3.8) is 0 Å². The summed E-state index contributed by atoms with van der Waals surface area (Å²) in [5.74, 6) is 0.894. The minimum atomic E-state index is 0.882. The minimum absolute atomic E-state index is 0.882. The molecule has 2 nitrogen and oxygen atoms in total. The lowest BCUT2D eigenvalue weighted by molar-refractivity contribution is 0.413. The van der Waals surface area contributed by atoms with Gasteiger partial charge in [-0.05, 0) is 23.9 Å². The van der Waals surface area contributed by atoms with Gasteiger partial charge in [0.25, 0.3) is 0 Å². The van der Waals surface area contributed by atoms with Gasteiger partial charge in [-0.25, -0.2) is 0 Å². The van der Waals surface area contributed by atoms with Crippen LogP contribution in [0.3, 0.4) is 0 Å². The van der Waals surface area contributed by atoms with E-state index in [1.807, 2.05) is 30.3 Å². The van der Waals surface area contributed by atoms with Gasteiger partial charge in [-0.3, -0.25) is 0 Å². The molecule has 0 radical (unpaired) electrons. The molecular formula is C11H15NO. The monoisotopic (exact) mass is 177 g/mol. The quantitative estimate of drug-likeness (QED) is 0.699. The van der Waals surface area contributed by atoms with Crippen molar-refractivity contribution in [2.24, 2.45) is 0 Å². The lowest BCUT2D eigenvalue weighted by atomic mass is 10.2. The van der Waals surface area contributed by atoms with Crippen molar-refractivity contribution in [1.29, 1.82) is 0 Å². The number of rotatable bonds is 4. The highest BCUT2D eigenvalue weighted by atomic mass is 16.5. The topological polar surface area (TPSA) is 12.5 Å². The Morgan fingerprint density at radius 2 is 2.00 bits per heavy atom. The Morgan fingerprint density at radius 3 is 2.46 bits per heavy atom. The minimum Gasteiger partial charge on any atom is -0.497 e. The molecule has 0 N–H and O–H groups in total. The summed E-state index contributed by atoms with van der Waals surface area (Å²) in [7, 11) is 3.67. The number of benzene rings is 1. The molecule has 0 amide bonds. The van der Waals surface area contributed by atoms with Gasteiger partial charge in [0.15, 0.2) is 0 Å². The van der Waals surface area contributed by atoms with E-state index in [9.17, 15) is 0 Å². The van der Waals surface area contributed by atoms with E-state index >= 15 is 0 Å². The Labute approximate surface area is 79.4 Å². The van der Waals surface area contributed by atoms with Crippen LogP contribution < -0.4 is 4.74 Å². The predicted molar refractivity (Wildman–Crippen MR) is 54.7 cm³/mol. The van der Waals surface area contributed by atoms with Crippen molar-refractivity contribution in [2.75, 3.05) is 14.2 Å². The molecular weight excluding hydrogens is 162 g/mol. The standard InChI is InChI=1S/C11H15NO/c1-4-12(2)9-10-5-7-11(13-3)8-6-10/h4-8H,1,9H2,2-3H3. The molecule has 0 aliphatic rings. The molecule has 0 heterocycles. The van der Waals surface area contributed by atoms with Gasteiger partial charge in [-0.2, -0.15) is 0 Å². The molecule has 0 fully saturated rings. The SMILES string of the molecule is C=CN(C)Cc1ccc(OC)cc1. The number of methoxy groups -OCH3 is 1. The predicted octanol–water partition coefficient (Wildman–Crippen LogP) is 2.27. The van der Waals surface area contributed by atoms with Crippen LogP contribution in [0.2, 0.25) is 0 Å². The van der Waals surface area contributed by atoms with E-state index < -0.39 is 0 Å². The van der Waals surface area contributed by atoms with Crippen LogP contribution >= 0.6 is 0 Å². The molecule has 0 spiro atoms. The van der Waals surface area contributed by atoms with Crippen LogP contribution in [0, 0.1) is 0 Å². The van der Waals surface area contributed by atoms with Gasteiger partial charge < -0.3 is 9.64 Å². The fourth-order valence-electron chi connectivity index (χ4n) is 1.08. The van der Waals surface area contributed by atoms with Crippen LogP contribution in [0.25, 0.3) is 0 Å². The van der Waals surface area contributed by atoms with Gasteiger partial charge in [0.05, 0.1) is 7.11 Å². The van der Waals surface area contributed by atoms with Crippen molar-refractivity contribution in [3.8, 4) is 5.75 Å². The Kier molecular flexibility index (Phi) is 3.38. The van der Waals surface area contributed by atoms with Gasteiger partial charge >= 0.3 is 0 Å². The summed E-state index contributed by atoms with van der Waals surface area (Å²) in [4.78, 5) is 2.03. The van der Waals surface area contributed by atoms with Crippen molar-refractivity contribution in [3.05, 3.63) is 42.6 Å². The largest absolute Gasteiger partial charge is 0.497 e. The van der Waals surface area contributed by atoms with E-state index in [1.54, 1.807) is 7.11 Å². The summed E-state index contributed by atoms with van der Waals surface area (Å²) in [6.07, 6.45) is 1.81. The highest BCUT2D eigenvalue weighted by Gasteiger charge is 1.95. The van der Waals surface area contributed by atoms with E-state index in [4.69, 9.17) is 4.74 Å². The van der Waals surface area contributed by atoms with E-state index in [0.29, 0.717) is 0 Å². The van der Waals surface area contributed by atoms with Crippen molar-refractivity contribution >= 4 is 0 Å². The van der Waals surface area contributed by atoms with E-state index in [0.717, 1.165) is 12.3 Å². The molecule has 1 aromatic rings. The molecule has 0 aliphatic heterocycles. The van der Waals surface area contributed by atoms with Crippen molar-refractivity contribution < 1.29 is 4.74 Å². The van der Waals surface area contributed by atoms with Gasteiger partial charge in [-0.1, -0.05) is 18.7 Å². The zero-order valence-corrected chi connectivity index (χ0v) is 8.16. The number of ether oxygens (including phenoxy) is 1. The molecule has 0 saturated carbocycles. The van der Waals surface area contributed by atoms with Crippen LogP contribution in [0.4, 0.5) is 0 Å². The third-order valence-electron chi connectivity index (χ3n) is 1.90. The second-order valence-electron chi connectivity index (χ2n) is 2.95. The third-order valence-corrected chi connectivity index (χ3v) is 1.90. The third kappa shape index (κ3) is 2.82. The van der Waals surface area contributed by atoms with Crippen molar-refractivity contribution in [1.82, 2.24) is 4.90 Å². The molecule has 13 heavy (non-hydrogen) atoms. The highest BCUT2D eigenvalue weighted by Crippen LogP contribution is 2.12. The molecule has 0 saturated heterocycles.